The predicted octanol–water partition coefficient (Wildman–Crippen LogP) is 41.9. The summed E-state index contributed by atoms with van der Waals surface area (Å²) in [6, 6.07) is 27.9. The number of para-hydroxylation sites is 1. The first-order chi connectivity index (χ1) is 67.4. The first kappa shape index (κ1) is 168. The fraction of sp³-hybridized carbons (Fsp3) is 0.791. The maximum Gasteiger partial charge on any atom is 0.217 e. The van der Waals surface area contributed by atoms with Crippen LogP contribution in [0.3, 0.4) is 0 Å². The normalized spacial score (nSPS) is 11.6. The van der Waals surface area contributed by atoms with E-state index in [-0.39, 0.29) is 23.6 Å². The van der Waals surface area contributed by atoms with Gasteiger partial charge in [0.2, 0.25) is 5.91 Å². The molecule has 1 fully saturated rings. The van der Waals surface area contributed by atoms with E-state index in [0.29, 0.717) is 53.5 Å². The van der Waals surface area contributed by atoms with Crippen LogP contribution in [0.5, 0.6) is 0 Å². The van der Waals surface area contributed by atoms with Gasteiger partial charge in [0, 0.05) is 61.2 Å². The van der Waals surface area contributed by atoms with Gasteiger partial charge in [-0.2, -0.15) is 11.8 Å². The number of amides is 1. The number of amidine groups is 1. The number of Topliss-reactive ketones (excluding diaryl/α,β-unsaturated/α-hetero) is 3. The Hall–Kier alpha value is -5.33. The third-order valence-corrected chi connectivity index (χ3v) is 23.4. The second-order valence-electron chi connectivity index (χ2n) is 49.8. The number of aryl methyl sites for hydroxylation is 1. The molecule has 1 amide bonds. The molecule has 1 aliphatic carbocycles. The number of imidazole rings is 1. The van der Waals surface area contributed by atoms with E-state index in [9.17, 15) is 19.2 Å². The van der Waals surface area contributed by atoms with Gasteiger partial charge < -0.3 is 40.9 Å². The first-order valence-corrected chi connectivity index (χ1v) is 60.6. The monoisotopic (exact) mass is 2070 g/mol. The first-order valence-electron chi connectivity index (χ1n) is 59.2. The topological polar surface area (TPSA) is 197 Å². The summed E-state index contributed by atoms with van der Waals surface area (Å²) in [6.07, 6.45) is 37.7. The Morgan fingerprint density at radius 2 is 0.788 bits per heavy atom. The van der Waals surface area contributed by atoms with Crippen molar-refractivity contribution in [3.63, 3.8) is 0 Å². The average molecular weight is 2070 g/mol. The number of aromatic nitrogens is 3. The van der Waals surface area contributed by atoms with Gasteiger partial charge >= 0.3 is 0 Å². The SMILES string of the molecule is CC(=O)CC(C)C.CC(=O)CC(C)C.CC(=O)CCC(C)C.CC(C)C.CC(C)C(C)C.CC(C)C(C)O.CC(C)C1CCCC1.CC(C)CC(C)C.CC(C)CCC(N)=O.CC(C)Cc1c[nH]c2ccccc12.CC(C)Cc1ccccc1.CC(C)Cc1cnc[nH]1.CC(N)=NCCCC(C)C.CCC(C)C.CCC(C)C.CCC(C)C(C)C.CCCCCC(C)C.CSCCC(C)C.Cc1ccc(CC(C)C)cc1. The maximum absolute atomic E-state index is 10.3. The van der Waals surface area contributed by atoms with E-state index in [4.69, 9.17) is 16.6 Å². The molecule has 868 valence electrons. The summed E-state index contributed by atoms with van der Waals surface area (Å²) in [5, 5.41) is 10.0. The quantitative estimate of drug-likeness (QED) is 0.0146. The molecule has 5 aromatic rings. The molecule has 12 heteroatoms. The molecule has 11 nitrogen and oxygen atoms in total. The van der Waals surface area contributed by atoms with Crippen molar-refractivity contribution in [3.8, 4) is 0 Å². The van der Waals surface area contributed by atoms with Gasteiger partial charge in [-0.1, -0.05) is 481 Å². The lowest BCUT2D eigenvalue weighted by Crippen LogP contribution is -2.10. The Morgan fingerprint density at radius 3 is 1.03 bits per heavy atom. The molecule has 6 rings (SSSR count). The van der Waals surface area contributed by atoms with Crippen molar-refractivity contribution >= 4 is 51.8 Å². The van der Waals surface area contributed by atoms with Crippen molar-refractivity contribution in [2.24, 2.45) is 153 Å². The number of primary amides is 1. The number of fused-ring (bicyclic) bond motifs is 1. The second kappa shape index (κ2) is 118. The van der Waals surface area contributed by atoms with Crippen LogP contribution in [-0.4, -0.2) is 73.8 Å². The zero-order chi connectivity index (χ0) is 117. The van der Waals surface area contributed by atoms with Gasteiger partial charge in [0.05, 0.1) is 18.3 Å². The molecule has 0 spiro atoms. The van der Waals surface area contributed by atoms with Crippen LogP contribution >= 0.6 is 11.8 Å². The van der Waals surface area contributed by atoms with E-state index in [1.807, 2.05) is 66.4 Å². The number of hydrogen-bond acceptors (Lipinski definition) is 8. The lowest BCUT2D eigenvalue weighted by molar-refractivity contribution is -0.118. The highest BCUT2D eigenvalue weighted by atomic mass is 32.2. The van der Waals surface area contributed by atoms with Crippen molar-refractivity contribution in [2.45, 2.75) is 541 Å². The predicted molar refractivity (Wildman–Crippen MR) is 672 cm³/mol. The number of aromatic amines is 2. The highest BCUT2D eigenvalue weighted by molar-refractivity contribution is 7.98. The largest absolute Gasteiger partial charge is 0.393 e. The zero-order valence-electron chi connectivity index (χ0n) is 109. The molecule has 7 N–H and O–H groups in total. The smallest absolute Gasteiger partial charge is 0.217 e. The van der Waals surface area contributed by atoms with Crippen LogP contribution in [0.15, 0.2) is 103 Å². The molecule has 0 bridgehead atoms. The standard InChI is InChI=1S/C12H15N.C11H16.C10H14.C8H18N2.C8H16.C8H18.C7H12N2.C7H14O.2C7H16.C6H13NO.2C6H12O.C6H14S.C6H14.C5H12O.2C5H12.C4H10/c1-9(2)7-10-8-13-12-6-4-3-5-11(10)12;1-9(2)8-11-6-4-10(3)5-7-11;1-9(2)8-10-6-4-3-5-7-10;1-7(2)5-4-6-10-8(3)9;1-7(2)8-5-3-4-6-8;1-4-5-6-7-8(2)3;1-6(2)3-7-4-8-5-9-7;1-6(2)4-5-7(3)8;1-6(2)5-7(3)4;1-5-7(4)6(2)3;1-5(2)3-4-6(7)8;2*1-5(2)4-6(3)7;1-6(2)4-5-7-3;1-5(2)6(3)4;1-4(2)5(3)6;2*1-4-5(2)3;1-4(2)3/h3-6,8-9,13H,7H2,1-2H3;4-7,9H,8H2,1-3H3;3-7,9H,8H2,1-2H3;7H,4-6H2,1-3H3,(H2,9,10);7-8H,3-6H2,1-2H3;8H,4-7H2,1-3H3;4-6H,3H2,1-2H3,(H,8,9);6H,4-5H2,1-3H3;2*6-7H,5H2,1-4H3;5H,3-4H2,1-2H3,(H2,7,8);2*5H,4H2,1-3H3;6H,4-5H2,1-3H3;5-6H,1-4H3;4-6H,1-3H3;2*5H,4H2,1-3H3;4H,1-3H3. The lowest BCUT2D eigenvalue weighted by atomic mass is 9.95. The van der Waals surface area contributed by atoms with Crippen molar-refractivity contribution in [1.82, 2.24) is 15.0 Å². The molecule has 0 saturated heterocycles. The molecule has 2 atom stereocenters. The Balaban J connectivity index is -0.000000117. The van der Waals surface area contributed by atoms with Crippen molar-refractivity contribution in [2.75, 3.05) is 18.6 Å². The van der Waals surface area contributed by atoms with E-state index in [2.05, 4.69) is 409 Å². The van der Waals surface area contributed by atoms with Gasteiger partial charge in [0.25, 0.3) is 0 Å². The Kier molecular flexibility index (Phi) is 136. The number of nitrogens with two attached hydrogens (primary N) is 2. The van der Waals surface area contributed by atoms with E-state index in [1.165, 1.54) is 147 Å². The van der Waals surface area contributed by atoms with Crippen LogP contribution in [0.1, 0.15) is 530 Å². The number of aliphatic hydroxyl groups is 1. The summed E-state index contributed by atoms with van der Waals surface area (Å²) in [4.78, 5) is 55.3. The summed E-state index contributed by atoms with van der Waals surface area (Å²) in [5.41, 5.74) is 18.4. The van der Waals surface area contributed by atoms with Crippen LogP contribution in [0.2, 0.25) is 0 Å². The van der Waals surface area contributed by atoms with E-state index in [0.717, 1.165) is 159 Å². The number of nitrogens with zero attached hydrogens (tertiary/aromatic N) is 2. The zero-order valence-corrected chi connectivity index (χ0v) is 110. The maximum atomic E-state index is 10.3. The summed E-state index contributed by atoms with van der Waals surface area (Å²) < 4.78 is 0. The number of ketones is 3. The van der Waals surface area contributed by atoms with Crippen molar-refractivity contribution < 1.29 is 24.3 Å². The highest BCUT2D eigenvalue weighted by Crippen LogP contribution is 2.31. The Bertz CT molecular complexity index is 3310. The number of benzene rings is 3. The van der Waals surface area contributed by atoms with E-state index >= 15 is 0 Å². The highest BCUT2D eigenvalue weighted by Gasteiger charge is 2.17. The minimum atomic E-state index is -0.196. The van der Waals surface area contributed by atoms with Crippen LogP contribution in [0, 0.1) is 143 Å². The number of carbonyl (C=O) groups excluding carboxylic acids is 4. The van der Waals surface area contributed by atoms with Crippen LogP contribution in [0.25, 0.3) is 10.9 Å². The van der Waals surface area contributed by atoms with Crippen molar-refractivity contribution in [1.29, 1.82) is 0 Å². The molecular weight excluding hydrogens is 1810 g/mol. The molecule has 1 aliphatic rings. The molecular formula is C134H266N6O5S. The number of nitrogens with one attached hydrogen (secondary N) is 2. The molecule has 2 aromatic heterocycles. The molecule has 3 aromatic carbocycles. The third-order valence-electron chi connectivity index (χ3n) is 22.8. The minimum Gasteiger partial charge on any atom is -0.393 e. The van der Waals surface area contributed by atoms with E-state index in [1.54, 1.807) is 34.0 Å². The summed E-state index contributed by atoms with van der Waals surface area (Å²) in [7, 11) is 0. The van der Waals surface area contributed by atoms with Gasteiger partial charge in [-0.3, -0.25) is 9.79 Å². The Morgan fingerprint density at radius 1 is 0.411 bits per heavy atom. The summed E-state index contributed by atoms with van der Waals surface area (Å²) >= 11 is 1.93. The lowest BCUT2D eigenvalue weighted by Gasteiger charge is -2.11. The minimum absolute atomic E-state index is 0.148. The number of hydrogen-bond donors (Lipinski definition) is 5. The number of aliphatic imine (C=N–C) groups is 1. The van der Waals surface area contributed by atoms with E-state index < -0.39 is 0 Å². The van der Waals surface area contributed by atoms with Gasteiger partial charge in [-0.25, -0.2) is 4.98 Å². The molecule has 0 aliphatic heterocycles. The summed E-state index contributed by atoms with van der Waals surface area (Å²) in [5.74, 6) is 20.8. The number of aliphatic hydroxyl groups excluding tert-OH is 1. The van der Waals surface area contributed by atoms with Gasteiger partial charge in [0.15, 0.2) is 0 Å². The van der Waals surface area contributed by atoms with Gasteiger partial charge in [-0.15, -0.1) is 0 Å². The van der Waals surface area contributed by atoms with Crippen LogP contribution < -0.4 is 11.5 Å². The molecule has 2 unspecified atom stereocenters. The number of H-pyrrole nitrogens is 2. The fourth-order valence-electron chi connectivity index (χ4n) is 11.9. The van der Waals surface area contributed by atoms with Gasteiger partial charge in [0.1, 0.15) is 17.3 Å². The number of thioether (sulfide) groups is 1. The summed E-state index contributed by atoms with van der Waals surface area (Å²) in [6.45, 7) is 117. The third kappa shape index (κ3) is 175. The number of carbonyl (C=O) groups is 4. The number of unbranched alkanes of at least 4 members (excludes halogenated alkanes) is 2. The average Bonchev–Trinajstić information content (AvgIpc) is 1.69. The fourth-order valence-corrected chi connectivity index (χ4v) is 12.6. The van der Waals surface area contributed by atoms with Crippen LogP contribution in [-0.2, 0) is 44.9 Å². The Labute approximate surface area is 922 Å². The number of rotatable bonds is 38. The molecule has 0 radical (unpaired) electrons. The van der Waals surface area contributed by atoms with Gasteiger partial charge in [-0.05, 0) is 277 Å². The molecule has 1 saturated carbocycles. The molecule has 146 heavy (non-hydrogen) atoms. The van der Waals surface area contributed by atoms with Crippen LogP contribution in [0.4, 0.5) is 0 Å². The second-order valence-corrected chi connectivity index (χ2v) is 50.8. The van der Waals surface area contributed by atoms with Crippen molar-refractivity contribution in [3.05, 3.63) is 126 Å². The molecule has 2 heterocycles.